The predicted molar refractivity (Wildman–Crippen MR) is 83.0 cm³/mol. The SMILES string of the molecule is CCNC(=O)c1sc(NCCN(CC)CC)cc1N. The quantitative estimate of drug-likeness (QED) is 0.681. The van der Waals surface area contributed by atoms with E-state index >= 15 is 0 Å². The molecule has 0 radical (unpaired) electrons. The molecule has 4 N–H and O–H groups in total. The average Bonchev–Trinajstić information content (AvgIpc) is 2.76. The molecule has 0 unspecified atom stereocenters. The van der Waals surface area contributed by atoms with Gasteiger partial charge in [0.2, 0.25) is 0 Å². The van der Waals surface area contributed by atoms with Crippen LogP contribution in [0, 0.1) is 0 Å². The molecule has 0 saturated carbocycles. The zero-order valence-corrected chi connectivity index (χ0v) is 12.8. The monoisotopic (exact) mass is 284 g/mol. The molecule has 0 aliphatic carbocycles. The van der Waals surface area contributed by atoms with E-state index in [9.17, 15) is 4.79 Å². The van der Waals surface area contributed by atoms with Crippen molar-refractivity contribution in [2.24, 2.45) is 0 Å². The molecular formula is C13H24N4OS. The maximum absolute atomic E-state index is 11.7. The first kappa shape index (κ1) is 15.8. The van der Waals surface area contributed by atoms with Crippen molar-refractivity contribution in [3.8, 4) is 0 Å². The van der Waals surface area contributed by atoms with Crippen LogP contribution < -0.4 is 16.4 Å². The van der Waals surface area contributed by atoms with Gasteiger partial charge in [-0.15, -0.1) is 11.3 Å². The lowest BCUT2D eigenvalue weighted by molar-refractivity contribution is 0.0960. The van der Waals surface area contributed by atoms with Gasteiger partial charge in [0.15, 0.2) is 0 Å². The van der Waals surface area contributed by atoms with Gasteiger partial charge in [0.1, 0.15) is 4.88 Å². The molecule has 1 aromatic rings. The number of likely N-dealkylation sites (N-methyl/N-ethyl adjacent to an activating group) is 1. The number of anilines is 2. The van der Waals surface area contributed by atoms with E-state index in [1.807, 2.05) is 13.0 Å². The Morgan fingerprint density at radius 3 is 2.63 bits per heavy atom. The lowest BCUT2D eigenvalue weighted by Gasteiger charge is -2.17. The van der Waals surface area contributed by atoms with Gasteiger partial charge in [0, 0.05) is 19.6 Å². The third-order valence-electron chi connectivity index (χ3n) is 2.93. The molecule has 0 atom stereocenters. The van der Waals surface area contributed by atoms with E-state index < -0.39 is 0 Å². The number of nitrogen functional groups attached to an aromatic ring is 1. The molecular weight excluding hydrogens is 260 g/mol. The van der Waals surface area contributed by atoms with Crippen molar-refractivity contribution < 1.29 is 4.79 Å². The summed E-state index contributed by atoms with van der Waals surface area (Å²) in [7, 11) is 0. The van der Waals surface area contributed by atoms with E-state index in [2.05, 4.69) is 29.4 Å². The van der Waals surface area contributed by atoms with Gasteiger partial charge >= 0.3 is 0 Å². The van der Waals surface area contributed by atoms with Crippen LogP contribution in [0.5, 0.6) is 0 Å². The summed E-state index contributed by atoms with van der Waals surface area (Å²) in [6.45, 7) is 10.8. The van der Waals surface area contributed by atoms with Crippen LogP contribution in [-0.4, -0.2) is 43.5 Å². The van der Waals surface area contributed by atoms with Gasteiger partial charge in [-0.05, 0) is 26.1 Å². The molecule has 1 amide bonds. The standard InChI is InChI=1S/C13H24N4OS/c1-4-15-13(18)12-10(14)9-11(19-12)16-7-8-17(5-2)6-3/h9,16H,4-8,14H2,1-3H3,(H,15,18). The number of hydrogen-bond acceptors (Lipinski definition) is 5. The largest absolute Gasteiger partial charge is 0.397 e. The van der Waals surface area contributed by atoms with Crippen molar-refractivity contribution in [1.82, 2.24) is 10.2 Å². The van der Waals surface area contributed by atoms with Crippen LogP contribution in [0.4, 0.5) is 10.7 Å². The highest BCUT2D eigenvalue weighted by molar-refractivity contribution is 7.18. The summed E-state index contributed by atoms with van der Waals surface area (Å²) in [6, 6.07) is 1.83. The molecule has 0 fully saturated rings. The number of carbonyl (C=O) groups is 1. The minimum Gasteiger partial charge on any atom is -0.397 e. The Hall–Kier alpha value is -1.27. The molecule has 5 nitrogen and oxygen atoms in total. The number of rotatable bonds is 8. The third-order valence-corrected chi connectivity index (χ3v) is 4.03. The van der Waals surface area contributed by atoms with Crippen LogP contribution in [0.15, 0.2) is 6.07 Å². The van der Waals surface area contributed by atoms with Crippen molar-refractivity contribution >= 4 is 27.9 Å². The second-order valence-corrected chi connectivity index (χ2v) is 5.26. The Bertz CT molecular complexity index is 401. The van der Waals surface area contributed by atoms with E-state index in [1.165, 1.54) is 11.3 Å². The van der Waals surface area contributed by atoms with Crippen LogP contribution in [0.1, 0.15) is 30.4 Å². The predicted octanol–water partition coefficient (Wildman–Crippen LogP) is 1.83. The maximum atomic E-state index is 11.7. The first-order chi connectivity index (χ1) is 9.12. The van der Waals surface area contributed by atoms with Crippen molar-refractivity contribution in [3.05, 3.63) is 10.9 Å². The van der Waals surface area contributed by atoms with E-state index in [4.69, 9.17) is 5.73 Å². The van der Waals surface area contributed by atoms with Gasteiger partial charge in [-0.3, -0.25) is 4.79 Å². The van der Waals surface area contributed by atoms with Crippen molar-refractivity contribution in [1.29, 1.82) is 0 Å². The zero-order valence-electron chi connectivity index (χ0n) is 12.0. The minimum atomic E-state index is -0.0956. The summed E-state index contributed by atoms with van der Waals surface area (Å²) in [6.07, 6.45) is 0. The number of nitrogens with two attached hydrogens (primary N) is 1. The first-order valence-electron chi connectivity index (χ1n) is 6.76. The molecule has 19 heavy (non-hydrogen) atoms. The molecule has 108 valence electrons. The Kier molecular flexibility index (Phi) is 6.66. The van der Waals surface area contributed by atoms with E-state index in [-0.39, 0.29) is 5.91 Å². The van der Waals surface area contributed by atoms with Crippen LogP contribution in [0.25, 0.3) is 0 Å². The summed E-state index contributed by atoms with van der Waals surface area (Å²) >= 11 is 1.41. The second kappa shape index (κ2) is 8.01. The molecule has 0 aliphatic heterocycles. The Morgan fingerprint density at radius 1 is 1.37 bits per heavy atom. The summed E-state index contributed by atoms with van der Waals surface area (Å²) in [5, 5.41) is 7.03. The van der Waals surface area contributed by atoms with Crippen molar-refractivity contribution in [2.45, 2.75) is 20.8 Å². The summed E-state index contributed by atoms with van der Waals surface area (Å²) < 4.78 is 0. The van der Waals surface area contributed by atoms with Crippen molar-refractivity contribution in [3.63, 3.8) is 0 Å². The van der Waals surface area contributed by atoms with Gasteiger partial charge in [-0.2, -0.15) is 0 Å². The summed E-state index contributed by atoms with van der Waals surface area (Å²) in [4.78, 5) is 14.7. The highest BCUT2D eigenvalue weighted by atomic mass is 32.1. The second-order valence-electron chi connectivity index (χ2n) is 4.21. The number of nitrogens with zero attached hydrogens (tertiary/aromatic N) is 1. The van der Waals surface area contributed by atoms with E-state index in [0.717, 1.165) is 31.2 Å². The number of amides is 1. The molecule has 1 aromatic heterocycles. The van der Waals surface area contributed by atoms with Crippen LogP contribution >= 0.6 is 11.3 Å². The Balaban J connectivity index is 2.52. The van der Waals surface area contributed by atoms with Crippen LogP contribution in [0.2, 0.25) is 0 Å². The molecule has 0 bridgehead atoms. The van der Waals surface area contributed by atoms with Crippen molar-refractivity contribution in [2.75, 3.05) is 43.8 Å². The molecule has 6 heteroatoms. The van der Waals surface area contributed by atoms with Gasteiger partial charge in [0.05, 0.1) is 10.7 Å². The zero-order chi connectivity index (χ0) is 14.3. The normalized spacial score (nSPS) is 10.7. The van der Waals surface area contributed by atoms with Gasteiger partial charge < -0.3 is 21.3 Å². The van der Waals surface area contributed by atoms with Gasteiger partial charge in [0.25, 0.3) is 5.91 Å². The summed E-state index contributed by atoms with van der Waals surface area (Å²) in [5.74, 6) is -0.0956. The fourth-order valence-electron chi connectivity index (χ4n) is 1.79. The molecule has 0 aromatic carbocycles. The topological polar surface area (TPSA) is 70.4 Å². The minimum absolute atomic E-state index is 0.0956. The molecule has 1 heterocycles. The molecule has 1 rings (SSSR count). The highest BCUT2D eigenvalue weighted by Gasteiger charge is 2.13. The van der Waals surface area contributed by atoms with Gasteiger partial charge in [-0.1, -0.05) is 13.8 Å². The number of thiophene rings is 1. The fourth-order valence-corrected chi connectivity index (χ4v) is 2.71. The Morgan fingerprint density at radius 2 is 2.05 bits per heavy atom. The molecule has 0 spiro atoms. The maximum Gasteiger partial charge on any atom is 0.263 e. The highest BCUT2D eigenvalue weighted by Crippen LogP contribution is 2.28. The van der Waals surface area contributed by atoms with E-state index in [1.54, 1.807) is 0 Å². The lowest BCUT2D eigenvalue weighted by atomic mass is 10.3. The molecule has 0 saturated heterocycles. The van der Waals surface area contributed by atoms with Crippen LogP contribution in [0.3, 0.4) is 0 Å². The lowest BCUT2D eigenvalue weighted by Crippen LogP contribution is -2.28. The summed E-state index contributed by atoms with van der Waals surface area (Å²) in [5.41, 5.74) is 6.40. The fraction of sp³-hybridized carbons (Fsp3) is 0.615. The average molecular weight is 284 g/mol. The Labute approximate surface area is 119 Å². The number of hydrogen-bond donors (Lipinski definition) is 3. The number of nitrogens with one attached hydrogen (secondary N) is 2. The van der Waals surface area contributed by atoms with Gasteiger partial charge in [-0.25, -0.2) is 0 Å². The van der Waals surface area contributed by atoms with Crippen LogP contribution in [-0.2, 0) is 0 Å². The smallest absolute Gasteiger partial charge is 0.263 e. The third kappa shape index (κ3) is 4.72. The number of carbonyl (C=O) groups excluding carboxylic acids is 1. The molecule has 0 aliphatic rings. The van der Waals surface area contributed by atoms with E-state index in [0.29, 0.717) is 17.1 Å². The first-order valence-corrected chi connectivity index (χ1v) is 7.57.